The highest BCUT2D eigenvalue weighted by Crippen LogP contribution is 2.28. The normalized spacial score (nSPS) is 10.4. The highest BCUT2D eigenvalue weighted by molar-refractivity contribution is 5.61. The summed E-state index contributed by atoms with van der Waals surface area (Å²) >= 11 is 0. The Morgan fingerprint density at radius 1 is 1.00 bits per heavy atom. The number of aryl methyl sites for hydroxylation is 1. The molecule has 0 atom stereocenters. The van der Waals surface area contributed by atoms with E-state index in [0.29, 0.717) is 24.0 Å². The van der Waals surface area contributed by atoms with Gasteiger partial charge in [-0.1, -0.05) is 18.2 Å². The summed E-state index contributed by atoms with van der Waals surface area (Å²) in [6.07, 6.45) is 1.78. The summed E-state index contributed by atoms with van der Waals surface area (Å²) in [6, 6.07) is 16.1. The summed E-state index contributed by atoms with van der Waals surface area (Å²) in [5.74, 6) is 2.85. The molecule has 2 aromatic carbocycles. The van der Waals surface area contributed by atoms with E-state index in [4.69, 9.17) is 9.47 Å². The van der Waals surface area contributed by atoms with Gasteiger partial charge in [0.15, 0.2) is 11.5 Å². The number of anilines is 3. The predicted molar refractivity (Wildman–Crippen MR) is 113 cm³/mol. The average Bonchev–Trinajstić information content (AvgIpc) is 2.73. The van der Waals surface area contributed by atoms with Gasteiger partial charge in [-0.05, 0) is 55.3 Å². The topological polar surface area (TPSA) is 59.5 Å². The molecule has 1 heterocycles. The molecular formula is C22H26N4O2. The van der Waals surface area contributed by atoms with E-state index < -0.39 is 0 Å². The number of aromatic nitrogens is 2. The summed E-state index contributed by atoms with van der Waals surface area (Å²) in [7, 11) is 3.26. The molecule has 146 valence electrons. The molecule has 6 nitrogen and oxygen atoms in total. The standard InChI is InChI=1S/C22H26N4O2/c1-5-26(18-8-6-7-16(2)13-18)21-11-12-23-22(25-21)24-15-17-9-10-19(27-3)20(14-17)28-4/h6-14H,5,15H2,1-4H3,(H,23,24,25). The number of hydrogen-bond donors (Lipinski definition) is 1. The van der Waals surface area contributed by atoms with E-state index in [1.807, 2.05) is 24.3 Å². The van der Waals surface area contributed by atoms with Gasteiger partial charge in [0.1, 0.15) is 5.82 Å². The molecular weight excluding hydrogens is 352 g/mol. The third-order valence-electron chi connectivity index (χ3n) is 4.45. The van der Waals surface area contributed by atoms with Crippen LogP contribution in [0.2, 0.25) is 0 Å². The average molecular weight is 378 g/mol. The number of benzene rings is 2. The smallest absolute Gasteiger partial charge is 0.224 e. The SMILES string of the molecule is CCN(c1cccc(C)c1)c1ccnc(NCc2ccc(OC)c(OC)c2)n1. The number of hydrogen-bond acceptors (Lipinski definition) is 6. The van der Waals surface area contributed by atoms with Crippen LogP contribution in [0.15, 0.2) is 54.7 Å². The first-order chi connectivity index (χ1) is 13.6. The van der Waals surface area contributed by atoms with E-state index in [2.05, 4.69) is 58.3 Å². The first kappa shape index (κ1) is 19.5. The van der Waals surface area contributed by atoms with Gasteiger partial charge in [0.2, 0.25) is 5.95 Å². The van der Waals surface area contributed by atoms with Crippen LogP contribution in [0.1, 0.15) is 18.1 Å². The van der Waals surface area contributed by atoms with Crippen LogP contribution in [-0.2, 0) is 6.54 Å². The van der Waals surface area contributed by atoms with Crippen molar-refractivity contribution < 1.29 is 9.47 Å². The summed E-state index contributed by atoms with van der Waals surface area (Å²) in [5, 5.41) is 3.29. The van der Waals surface area contributed by atoms with E-state index >= 15 is 0 Å². The molecule has 1 aromatic heterocycles. The van der Waals surface area contributed by atoms with Gasteiger partial charge in [-0.15, -0.1) is 0 Å². The lowest BCUT2D eigenvalue weighted by Crippen LogP contribution is -2.18. The molecule has 0 amide bonds. The zero-order valence-corrected chi connectivity index (χ0v) is 16.8. The maximum atomic E-state index is 5.36. The third kappa shape index (κ3) is 4.52. The Balaban J connectivity index is 1.76. The molecule has 0 unspecified atom stereocenters. The number of methoxy groups -OCH3 is 2. The fourth-order valence-corrected chi connectivity index (χ4v) is 3.03. The Kier molecular flexibility index (Phi) is 6.32. The van der Waals surface area contributed by atoms with Crippen molar-refractivity contribution in [3.05, 3.63) is 65.9 Å². The molecule has 0 saturated carbocycles. The van der Waals surface area contributed by atoms with E-state index in [9.17, 15) is 0 Å². The molecule has 0 fully saturated rings. The summed E-state index contributed by atoms with van der Waals surface area (Å²) < 4.78 is 10.6. The molecule has 0 aliphatic heterocycles. The molecule has 0 radical (unpaired) electrons. The number of nitrogens with zero attached hydrogens (tertiary/aromatic N) is 3. The molecule has 28 heavy (non-hydrogen) atoms. The number of rotatable bonds is 8. The maximum Gasteiger partial charge on any atom is 0.224 e. The third-order valence-corrected chi connectivity index (χ3v) is 4.45. The van der Waals surface area contributed by atoms with Crippen LogP contribution in [0.4, 0.5) is 17.5 Å². The van der Waals surface area contributed by atoms with E-state index in [0.717, 1.165) is 23.6 Å². The minimum Gasteiger partial charge on any atom is -0.493 e. The van der Waals surface area contributed by atoms with Crippen LogP contribution in [0.5, 0.6) is 11.5 Å². The van der Waals surface area contributed by atoms with Crippen molar-refractivity contribution in [2.24, 2.45) is 0 Å². The molecule has 0 aliphatic carbocycles. The lowest BCUT2D eigenvalue weighted by atomic mass is 10.2. The van der Waals surface area contributed by atoms with Crippen molar-refractivity contribution in [3.63, 3.8) is 0 Å². The Morgan fingerprint density at radius 3 is 2.54 bits per heavy atom. The van der Waals surface area contributed by atoms with Crippen molar-refractivity contribution in [1.82, 2.24) is 9.97 Å². The zero-order chi connectivity index (χ0) is 19.9. The fourth-order valence-electron chi connectivity index (χ4n) is 3.03. The van der Waals surface area contributed by atoms with Crippen LogP contribution in [0, 0.1) is 6.92 Å². The van der Waals surface area contributed by atoms with Crippen LogP contribution < -0.4 is 19.7 Å². The number of nitrogens with one attached hydrogen (secondary N) is 1. The molecule has 0 bridgehead atoms. The summed E-state index contributed by atoms with van der Waals surface area (Å²) in [4.78, 5) is 11.2. The Bertz CT molecular complexity index is 930. The Morgan fingerprint density at radius 2 is 1.82 bits per heavy atom. The van der Waals surface area contributed by atoms with E-state index in [1.165, 1.54) is 5.56 Å². The van der Waals surface area contributed by atoms with Gasteiger partial charge in [-0.3, -0.25) is 0 Å². The van der Waals surface area contributed by atoms with Gasteiger partial charge in [-0.25, -0.2) is 4.98 Å². The summed E-state index contributed by atoms with van der Waals surface area (Å²) in [5.41, 5.74) is 3.39. The first-order valence-corrected chi connectivity index (χ1v) is 9.26. The number of ether oxygens (including phenoxy) is 2. The van der Waals surface area contributed by atoms with Crippen molar-refractivity contribution in [3.8, 4) is 11.5 Å². The Hall–Kier alpha value is -3.28. The van der Waals surface area contributed by atoms with Gasteiger partial charge in [0.25, 0.3) is 0 Å². The van der Waals surface area contributed by atoms with Crippen molar-refractivity contribution in [1.29, 1.82) is 0 Å². The van der Waals surface area contributed by atoms with Gasteiger partial charge >= 0.3 is 0 Å². The molecule has 1 N–H and O–H groups in total. The molecule has 0 aliphatic rings. The lowest BCUT2D eigenvalue weighted by Gasteiger charge is -2.22. The van der Waals surface area contributed by atoms with E-state index in [-0.39, 0.29) is 0 Å². The van der Waals surface area contributed by atoms with Crippen molar-refractivity contribution in [2.45, 2.75) is 20.4 Å². The first-order valence-electron chi connectivity index (χ1n) is 9.26. The van der Waals surface area contributed by atoms with Crippen LogP contribution in [0.3, 0.4) is 0 Å². The highest BCUT2D eigenvalue weighted by Gasteiger charge is 2.10. The van der Waals surface area contributed by atoms with Gasteiger partial charge in [0.05, 0.1) is 14.2 Å². The fraction of sp³-hybridized carbons (Fsp3) is 0.273. The van der Waals surface area contributed by atoms with Crippen LogP contribution in [0.25, 0.3) is 0 Å². The Labute approximate surface area is 166 Å². The van der Waals surface area contributed by atoms with Crippen molar-refractivity contribution >= 4 is 17.5 Å². The monoisotopic (exact) mass is 378 g/mol. The minimum atomic E-state index is 0.582. The second kappa shape index (κ2) is 9.08. The predicted octanol–water partition coefficient (Wildman–Crippen LogP) is 4.57. The van der Waals surface area contributed by atoms with Gasteiger partial charge in [0, 0.05) is 25.0 Å². The van der Waals surface area contributed by atoms with E-state index in [1.54, 1.807) is 20.4 Å². The quantitative estimate of drug-likeness (QED) is 0.619. The maximum absolute atomic E-state index is 5.36. The van der Waals surface area contributed by atoms with Crippen molar-refractivity contribution in [2.75, 3.05) is 31.0 Å². The highest BCUT2D eigenvalue weighted by atomic mass is 16.5. The second-order valence-electron chi connectivity index (χ2n) is 6.36. The molecule has 3 aromatic rings. The van der Waals surface area contributed by atoms with Gasteiger partial charge < -0.3 is 19.7 Å². The molecule has 6 heteroatoms. The van der Waals surface area contributed by atoms with Crippen LogP contribution >= 0.6 is 0 Å². The van der Waals surface area contributed by atoms with Gasteiger partial charge in [-0.2, -0.15) is 4.98 Å². The molecule has 0 spiro atoms. The minimum absolute atomic E-state index is 0.582. The largest absolute Gasteiger partial charge is 0.493 e. The van der Waals surface area contributed by atoms with Crippen LogP contribution in [-0.4, -0.2) is 30.7 Å². The lowest BCUT2D eigenvalue weighted by molar-refractivity contribution is 0.354. The summed E-state index contributed by atoms with van der Waals surface area (Å²) in [6.45, 7) is 5.60. The second-order valence-corrected chi connectivity index (χ2v) is 6.36. The zero-order valence-electron chi connectivity index (χ0n) is 16.8. The molecule has 0 saturated heterocycles. The molecule has 3 rings (SSSR count).